The van der Waals surface area contributed by atoms with Gasteiger partial charge in [0.15, 0.2) is 5.13 Å². The fourth-order valence-electron chi connectivity index (χ4n) is 1.55. The number of amides is 1. The van der Waals surface area contributed by atoms with E-state index in [0.29, 0.717) is 21.4 Å². The number of nitrogen functional groups attached to an aromatic ring is 1. The minimum absolute atomic E-state index is 0.201. The van der Waals surface area contributed by atoms with E-state index in [1.807, 2.05) is 0 Å². The van der Waals surface area contributed by atoms with Crippen molar-refractivity contribution >= 4 is 28.1 Å². The number of thiazole rings is 1. The molecule has 0 bridgehead atoms. The molecule has 0 aliphatic carbocycles. The van der Waals surface area contributed by atoms with Gasteiger partial charge in [-0.25, -0.2) is 9.37 Å². The topological polar surface area (TPSA) is 59.2 Å². The van der Waals surface area contributed by atoms with E-state index in [0.717, 1.165) is 11.3 Å². The van der Waals surface area contributed by atoms with Gasteiger partial charge in [0.05, 0.1) is 5.69 Å². The minimum Gasteiger partial charge on any atom is -0.375 e. The SMILES string of the molecule is Cc1nc(N)sc1C(=O)N(C)c1ccc(F)cc1. The number of anilines is 2. The largest absolute Gasteiger partial charge is 0.375 e. The molecule has 0 spiro atoms. The summed E-state index contributed by atoms with van der Waals surface area (Å²) in [4.78, 5) is 18.2. The van der Waals surface area contributed by atoms with Crippen LogP contribution in [-0.4, -0.2) is 17.9 Å². The van der Waals surface area contributed by atoms with Crippen LogP contribution >= 0.6 is 11.3 Å². The second-order valence-corrected chi connectivity index (χ2v) is 4.84. The third kappa shape index (κ3) is 2.33. The Morgan fingerprint density at radius 2 is 2.00 bits per heavy atom. The van der Waals surface area contributed by atoms with Gasteiger partial charge in [-0.2, -0.15) is 0 Å². The average molecular weight is 265 g/mol. The van der Waals surface area contributed by atoms with Crippen LogP contribution in [0, 0.1) is 12.7 Å². The molecule has 1 amide bonds. The molecule has 0 saturated heterocycles. The standard InChI is InChI=1S/C12H12FN3OS/c1-7-10(18-12(14)15-7)11(17)16(2)9-5-3-8(13)4-6-9/h3-6H,1-2H3,(H2,14,15). The Morgan fingerprint density at radius 3 is 2.50 bits per heavy atom. The third-order valence-electron chi connectivity index (χ3n) is 2.53. The van der Waals surface area contributed by atoms with Crippen LogP contribution < -0.4 is 10.6 Å². The molecule has 1 aromatic heterocycles. The number of rotatable bonds is 2. The van der Waals surface area contributed by atoms with Crippen molar-refractivity contribution in [3.8, 4) is 0 Å². The maximum atomic E-state index is 12.8. The molecule has 1 heterocycles. The molecule has 4 nitrogen and oxygen atoms in total. The van der Waals surface area contributed by atoms with E-state index in [9.17, 15) is 9.18 Å². The van der Waals surface area contributed by atoms with Crippen molar-refractivity contribution in [3.05, 3.63) is 40.7 Å². The molecule has 2 rings (SSSR count). The van der Waals surface area contributed by atoms with Crippen LogP contribution in [0.15, 0.2) is 24.3 Å². The number of hydrogen-bond acceptors (Lipinski definition) is 4. The average Bonchev–Trinajstić information content (AvgIpc) is 2.67. The van der Waals surface area contributed by atoms with Crippen LogP contribution in [0.3, 0.4) is 0 Å². The van der Waals surface area contributed by atoms with E-state index in [2.05, 4.69) is 4.98 Å². The number of carbonyl (C=O) groups excluding carboxylic acids is 1. The van der Waals surface area contributed by atoms with Crippen LogP contribution in [-0.2, 0) is 0 Å². The fourth-order valence-corrected chi connectivity index (χ4v) is 2.36. The van der Waals surface area contributed by atoms with Crippen molar-refractivity contribution in [1.82, 2.24) is 4.98 Å². The second-order valence-electron chi connectivity index (χ2n) is 3.81. The van der Waals surface area contributed by atoms with Gasteiger partial charge < -0.3 is 10.6 Å². The molecule has 0 aliphatic rings. The van der Waals surface area contributed by atoms with Crippen molar-refractivity contribution in [2.75, 3.05) is 17.7 Å². The Bertz CT molecular complexity index is 580. The lowest BCUT2D eigenvalue weighted by atomic mass is 10.2. The summed E-state index contributed by atoms with van der Waals surface area (Å²) in [5, 5.41) is 0.364. The minimum atomic E-state index is -0.335. The van der Waals surface area contributed by atoms with E-state index < -0.39 is 0 Å². The summed E-state index contributed by atoms with van der Waals surface area (Å²) in [6.07, 6.45) is 0. The fraction of sp³-hybridized carbons (Fsp3) is 0.167. The van der Waals surface area contributed by atoms with Gasteiger partial charge in [-0.3, -0.25) is 4.79 Å². The molecule has 0 aliphatic heterocycles. The number of nitrogens with zero attached hydrogens (tertiary/aromatic N) is 2. The number of carbonyl (C=O) groups is 1. The van der Waals surface area contributed by atoms with Gasteiger partial charge in [-0.15, -0.1) is 0 Å². The number of aromatic nitrogens is 1. The molecule has 1 aromatic carbocycles. The van der Waals surface area contributed by atoms with Crippen molar-refractivity contribution in [3.63, 3.8) is 0 Å². The van der Waals surface area contributed by atoms with Crippen molar-refractivity contribution < 1.29 is 9.18 Å². The Kier molecular flexibility index (Phi) is 3.29. The highest BCUT2D eigenvalue weighted by atomic mass is 32.1. The highest BCUT2D eigenvalue weighted by molar-refractivity contribution is 7.17. The first-order valence-corrected chi connectivity index (χ1v) is 6.07. The summed E-state index contributed by atoms with van der Waals surface area (Å²) in [6, 6.07) is 5.72. The zero-order chi connectivity index (χ0) is 13.3. The first-order chi connectivity index (χ1) is 8.49. The maximum absolute atomic E-state index is 12.8. The summed E-state index contributed by atoms with van der Waals surface area (Å²) in [5.41, 5.74) is 6.79. The van der Waals surface area contributed by atoms with E-state index >= 15 is 0 Å². The van der Waals surface area contributed by atoms with Crippen LogP contribution in [0.1, 0.15) is 15.4 Å². The summed E-state index contributed by atoms with van der Waals surface area (Å²) in [7, 11) is 1.63. The van der Waals surface area contributed by atoms with Crippen LogP contribution in [0.2, 0.25) is 0 Å². The van der Waals surface area contributed by atoms with Gasteiger partial charge in [-0.1, -0.05) is 11.3 Å². The predicted molar refractivity (Wildman–Crippen MR) is 70.4 cm³/mol. The number of nitrogens with two attached hydrogens (primary N) is 1. The Labute approximate surface area is 108 Å². The van der Waals surface area contributed by atoms with Crippen molar-refractivity contribution in [1.29, 1.82) is 0 Å². The Balaban J connectivity index is 2.29. The van der Waals surface area contributed by atoms with Gasteiger partial charge in [0.25, 0.3) is 5.91 Å². The monoisotopic (exact) mass is 265 g/mol. The molecular weight excluding hydrogens is 253 g/mol. The van der Waals surface area contributed by atoms with E-state index in [1.165, 1.54) is 17.0 Å². The predicted octanol–water partition coefficient (Wildman–Crippen LogP) is 2.45. The smallest absolute Gasteiger partial charge is 0.270 e. The molecule has 0 saturated carbocycles. The molecule has 2 aromatic rings. The summed E-state index contributed by atoms with van der Waals surface area (Å²) in [5.74, 6) is -0.536. The van der Waals surface area contributed by atoms with E-state index in [1.54, 1.807) is 26.1 Å². The Hall–Kier alpha value is -1.95. The lowest BCUT2D eigenvalue weighted by Gasteiger charge is -2.16. The normalized spacial score (nSPS) is 10.4. The molecular formula is C12H12FN3OS. The lowest BCUT2D eigenvalue weighted by Crippen LogP contribution is -2.25. The highest BCUT2D eigenvalue weighted by Gasteiger charge is 2.19. The Morgan fingerprint density at radius 1 is 1.39 bits per heavy atom. The first kappa shape index (κ1) is 12.5. The molecule has 6 heteroatoms. The molecule has 94 valence electrons. The summed E-state index contributed by atoms with van der Waals surface area (Å²) in [6.45, 7) is 1.73. The van der Waals surface area contributed by atoms with Gasteiger partial charge in [0, 0.05) is 12.7 Å². The lowest BCUT2D eigenvalue weighted by molar-refractivity contribution is 0.0996. The van der Waals surface area contributed by atoms with Gasteiger partial charge in [0.1, 0.15) is 10.7 Å². The molecule has 0 unspecified atom stereocenters. The van der Waals surface area contributed by atoms with Gasteiger partial charge in [-0.05, 0) is 31.2 Å². The van der Waals surface area contributed by atoms with Crippen LogP contribution in [0.4, 0.5) is 15.2 Å². The molecule has 0 fully saturated rings. The number of aryl methyl sites for hydroxylation is 1. The number of halogens is 1. The molecule has 0 atom stereocenters. The zero-order valence-electron chi connectivity index (χ0n) is 9.98. The van der Waals surface area contributed by atoms with Crippen LogP contribution in [0.25, 0.3) is 0 Å². The second kappa shape index (κ2) is 4.73. The van der Waals surface area contributed by atoms with E-state index in [4.69, 9.17) is 5.73 Å². The highest BCUT2D eigenvalue weighted by Crippen LogP contribution is 2.23. The zero-order valence-corrected chi connectivity index (χ0v) is 10.8. The van der Waals surface area contributed by atoms with Gasteiger partial charge >= 0.3 is 0 Å². The van der Waals surface area contributed by atoms with E-state index in [-0.39, 0.29) is 11.7 Å². The van der Waals surface area contributed by atoms with Crippen LogP contribution in [0.5, 0.6) is 0 Å². The molecule has 2 N–H and O–H groups in total. The third-order valence-corrected chi connectivity index (χ3v) is 3.50. The maximum Gasteiger partial charge on any atom is 0.270 e. The summed E-state index contributed by atoms with van der Waals surface area (Å²) >= 11 is 1.15. The van der Waals surface area contributed by atoms with Crippen molar-refractivity contribution in [2.45, 2.75) is 6.92 Å². The quantitative estimate of drug-likeness (QED) is 0.907. The summed E-state index contributed by atoms with van der Waals surface area (Å²) < 4.78 is 12.8. The number of benzene rings is 1. The molecule has 18 heavy (non-hydrogen) atoms. The molecule has 0 radical (unpaired) electrons. The first-order valence-electron chi connectivity index (χ1n) is 5.25. The van der Waals surface area contributed by atoms with Crippen molar-refractivity contribution in [2.24, 2.45) is 0 Å². The number of hydrogen-bond donors (Lipinski definition) is 1. The van der Waals surface area contributed by atoms with Gasteiger partial charge in [0.2, 0.25) is 0 Å².